The van der Waals surface area contributed by atoms with E-state index in [9.17, 15) is 4.79 Å². The van der Waals surface area contributed by atoms with E-state index in [0.717, 1.165) is 16.8 Å². The number of carbonyl (C=O) groups is 1. The molecule has 0 radical (unpaired) electrons. The van der Waals surface area contributed by atoms with Crippen LogP contribution >= 0.6 is 0 Å². The van der Waals surface area contributed by atoms with Crippen molar-refractivity contribution in [1.29, 1.82) is 0 Å². The van der Waals surface area contributed by atoms with Gasteiger partial charge in [-0.2, -0.15) is 0 Å². The average molecular weight is 304 g/mol. The number of nitrogens with zero attached hydrogens (tertiary/aromatic N) is 1. The molecule has 0 atom stereocenters. The second-order valence-corrected chi connectivity index (χ2v) is 5.96. The summed E-state index contributed by atoms with van der Waals surface area (Å²) in [5.74, 6) is -0.0455. The summed E-state index contributed by atoms with van der Waals surface area (Å²) in [5.41, 5.74) is 14.0. The van der Waals surface area contributed by atoms with Crippen LogP contribution in [0.2, 0.25) is 0 Å². The number of hydrogen-bond donors (Lipinski definition) is 3. The van der Waals surface area contributed by atoms with Gasteiger partial charge in [-0.15, -0.1) is 0 Å². The third-order valence-electron chi connectivity index (χ3n) is 4.02. The van der Waals surface area contributed by atoms with E-state index in [0.29, 0.717) is 26.1 Å². The largest absolute Gasteiger partial charge is 0.381 e. The number of primary amides is 1. The van der Waals surface area contributed by atoms with Crippen LogP contribution < -0.4 is 16.8 Å². The van der Waals surface area contributed by atoms with E-state index in [1.54, 1.807) is 0 Å². The maximum atomic E-state index is 11.8. The SMILES string of the molecule is Cc1cc(C)cc(NC(N)=NCC2(C(N)=O)CCOCC2)c1. The lowest BCUT2D eigenvalue weighted by Crippen LogP contribution is -2.44. The number of nitrogens with two attached hydrogens (primary N) is 2. The van der Waals surface area contributed by atoms with Gasteiger partial charge in [0.1, 0.15) is 0 Å². The fourth-order valence-electron chi connectivity index (χ4n) is 2.72. The molecule has 1 aliphatic heterocycles. The normalized spacial score (nSPS) is 18.0. The van der Waals surface area contributed by atoms with Gasteiger partial charge in [0.05, 0.1) is 12.0 Å². The van der Waals surface area contributed by atoms with Gasteiger partial charge in [0.25, 0.3) is 0 Å². The van der Waals surface area contributed by atoms with Crippen LogP contribution in [0.4, 0.5) is 5.69 Å². The third kappa shape index (κ3) is 3.98. The number of ether oxygens (including phenoxy) is 1. The van der Waals surface area contributed by atoms with Gasteiger partial charge in [-0.25, -0.2) is 0 Å². The Kier molecular flexibility index (Phi) is 5.03. The van der Waals surface area contributed by atoms with E-state index >= 15 is 0 Å². The molecule has 0 unspecified atom stereocenters. The lowest BCUT2D eigenvalue weighted by molar-refractivity contribution is -0.132. The van der Waals surface area contributed by atoms with Crippen molar-refractivity contribution in [3.63, 3.8) is 0 Å². The molecular formula is C16H24N4O2. The molecule has 1 aromatic carbocycles. The van der Waals surface area contributed by atoms with Crippen molar-refractivity contribution in [3.05, 3.63) is 29.3 Å². The summed E-state index contributed by atoms with van der Waals surface area (Å²) >= 11 is 0. The second kappa shape index (κ2) is 6.79. The summed E-state index contributed by atoms with van der Waals surface area (Å²) in [6.07, 6.45) is 1.17. The molecule has 1 saturated heterocycles. The van der Waals surface area contributed by atoms with E-state index < -0.39 is 5.41 Å². The number of benzene rings is 1. The molecule has 1 heterocycles. The summed E-state index contributed by atoms with van der Waals surface area (Å²) in [6, 6.07) is 6.07. The molecule has 1 aromatic rings. The van der Waals surface area contributed by atoms with Crippen molar-refractivity contribution in [2.24, 2.45) is 21.9 Å². The summed E-state index contributed by atoms with van der Waals surface area (Å²) in [7, 11) is 0. The van der Waals surface area contributed by atoms with Crippen molar-refractivity contribution in [1.82, 2.24) is 0 Å². The standard InChI is InChI=1S/C16H24N4O2/c1-11-7-12(2)9-13(8-11)20-15(18)19-10-16(14(17)21)3-5-22-6-4-16/h7-9H,3-6,10H2,1-2H3,(H2,17,21)(H3,18,19,20). The number of rotatable bonds is 4. The van der Waals surface area contributed by atoms with Crippen LogP contribution in [-0.2, 0) is 9.53 Å². The van der Waals surface area contributed by atoms with Gasteiger partial charge < -0.3 is 21.5 Å². The Labute approximate surface area is 130 Å². The monoisotopic (exact) mass is 304 g/mol. The summed E-state index contributed by atoms with van der Waals surface area (Å²) in [6.45, 7) is 5.40. The lowest BCUT2D eigenvalue weighted by Gasteiger charge is -2.32. The van der Waals surface area contributed by atoms with E-state index in [1.807, 2.05) is 26.0 Å². The van der Waals surface area contributed by atoms with Crippen molar-refractivity contribution >= 4 is 17.6 Å². The number of anilines is 1. The Morgan fingerprint density at radius 2 is 1.82 bits per heavy atom. The molecule has 1 aliphatic rings. The maximum absolute atomic E-state index is 11.8. The Morgan fingerprint density at radius 1 is 1.23 bits per heavy atom. The van der Waals surface area contributed by atoms with Crippen LogP contribution in [0.3, 0.4) is 0 Å². The van der Waals surface area contributed by atoms with Gasteiger partial charge in [-0.1, -0.05) is 6.07 Å². The Balaban J connectivity index is 2.06. The third-order valence-corrected chi connectivity index (χ3v) is 4.02. The van der Waals surface area contributed by atoms with Gasteiger partial charge in [-0.3, -0.25) is 9.79 Å². The van der Waals surface area contributed by atoms with E-state index in [-0.39, 0.29) is 18.4 Å². The van der Waals surface area contributed by atoms with Gasteiger partial charge in [0.2, 0.25) is 5.91 Å². The summed E-state index contributed by atoms with van der Waals surface area (Å²) < 4.78 is 5.30. The zero-order valence-electron chi connectivity index (χ0n) is 13.2. The lowest BCUT2D eigenvalue weighted by atomic mass is 9.79. The molecule has 2 rings (SSSR count). The first kappa shape index (κ1) is 16.3. The molecule has 1 fully saturated rings. The molecule has 120 valence electrons. The topological polar surface area (TPSA) is 103 Å². The number of amides is 1. The van der Waals surface area contributed by atoms with E-state index in [1.165, 1.54) is 0 Å². The zero-order valence-corrected chi connectivity index (χ0v) is 13.2. The van der Waals surface area contributed by atoms with Crippen LogP contribution in [0.1, 0.15) is 24.0 Å². The van der Waals surface area contributed by atoms with Crippen molar-refractivity contribution in [2.75, 3.05) is 25.1 Å². The molecule has 5 N–H and O–H groups in total. The molecule has 0 aromatic heterocycles. The van der Waals surface area contributed by atoms with E-state index in [2.05, 4.69) is 16.4 Å². The number of aryl methyl sites for hydroxylation is 2. The van der Waals surface area contributed by atoms with Gasteiger partial charge >= 0.3 is 0 Å². The van der Waals surface area contributed by atoms with Crippen LogP contribution in [0.15, 0.2) is 23.2 Å². The van der Waals surface area contributed by atoms with Gasteiger partial charge in [0, 0.05) is 18.9 Å². The smallest absolute Gasteiger partial charge is 0.225 e. The highest BCUT2D eigenvalue weighted by Crippen LogP contribution is 2.30. The highest BCUT2D eigenvalue weighted by molar-refractivity contribution is 5.92. The first-order valence-corrected chi connectivity index (χ1v) is 7.44. The molecule has 0 bridgehead atoms. The number of guanidine groups is 1. The number of nitrogens with one attached hydrogen (secondary N) is 1. The Bertz CT molecular complexity index is 557. The van der Waals surface area contributed by atoms with Gasteiger partial charge in [0.15, 0.2) is 5.96 Å². The van der Waals surface area contributed by atoms with Crippen molar-refractivity contribution in [2.45, 2.75) is 26.7 Å². The molecule has 1 amide bonds. The van der Waals surface area contributed by atoms with Crippen molar-refractivity contribution < 1.29 is 9.53 Å². The quantitative estimate of drug-likeness (QED) is 0.576. The summed E-state index contributed by atoms with van der Waals surface area (Å²) in [5, 5.41) is 3.06. The number of aliphatic imine (C=N–C) groups is 1. The molecule has 0 saturated carbocycles. The molecule has 22 heavy (non-hydrogen) atoms. The molecule has 0 spiro atoms. The minimum Gasteiger partial charge on any atom is -0.381 e. The predicted octanol–water partition coefficient (Wildman–Crippen LogP) is 1.31. The van der Waals surface area contributed by atoms with Crippen LogP contribution in [0, 0.1) is 19.3 Å². The fourth-order valence-corrected chi connectivity index (χ4v) is 2.72. The molecule has 6 heteroatoms. The predicted molar refractivity (Wildman–Crippen MR) is 87.7 cm³/mol. The Morgan fingerprint density at radius 3 is 2.36 bits per heavy atom. The first-order valence-electron chi connectivity index (χ1n) is 7.44. The molecule has 6 nitrogen and oxygen atoms in total. The maximum Gasteiger partial charge on any atom is 0.225 e. The molecular weight excluding hydrogens is 280 g/mol. The Hall–Kier alpha value is -2.08. The fraction of sp³-hybridized carbons (Fsp3) is 0.500. The van der Waals surface area contributed by atoms with E-state index in [4.69, 9.17) is 16.2 Å². The highest BCUT2D eigenvalue weighted by atomic mass is 16.5. The van der Waals surface area contributed by atoms with Crippen LogP contribution in [-0.4, -0.2) is 31.6 Å². The number of hydrogen-bond acceptors (Lipinski definition) is 3. The zero-order chi connectivity index (χ0) is 16.2. The van der Waals surface area contributed by atoms with Crippen LogP contribution in [0.25, 0.3) is 0 Å². The number of carbonyl (C=O) groups excluding carboxylic acids is 1. The molecule has 0 aliphatic carbocycles. The van der Waals surface area contributed by atoms with Gasteiger partial charge in [-0.05, 0) is 49.9 Å². The minimum absolute atomic E-state index is 0.287. The summed E-state index contributed by atoms with van der Waals surface area (Å²) in [4.78, 5) is 16.1. The second-order valence-electron chi connectivity index (χ2n) is 5.96. The van der Waals surface area contributed by atoms with Crippen molar-refractivity contribution in [3.8, 4) is 0 Å². The minimum atomic E-state index is -0.646. The highest BCUT2D eigenvalue weighted by Gasteiger charge is 2.38. The first-order chi connectivity index (χ1) is 10.4. The average Bonchev–Trinajstić information content (AvgIpc) is 2.45. The van der Waals surface area contributed by atoms with Crippen LogP contribution in [0.5, 0.6) is 0 Å².